The van der Waals surface area contributed by atoms with Crippen LogP contribution in [-0.4, -0.2) is 30.2 Å². The van der Waals surface area contributed by atoms with Gasteiger partial charge in [-0.25, -0.2) is 4.79 Å². The lowest BCUT2D eigenvalue weighted by atomic mass is 10.0. The lowest BCUT2D eigenvalue weighted by Crippen LogP contribution is -2.23. The van der Waals surface area contributed by atoms with Gasteiger partial charge in [0.2, 0.25) is 0 Å². The summed E-state index contributed by atoms with van der Waals surface area (Å²) in [6.07, 6.45) is 1.63. The molecule has 1 heterocycles. The predicted molar refractivity (Wildman–Crippen MR) is 171 cm³/mol. The number of methoxy groups -OCH3 is 1. The Kier molecular flexibility index (Phi) is 9.33. The minimum absolute atomic E-state index is 0.0230. The number of hydrogen-bond donors (Lipinski definition) is 1. The van der Waals surface area contributed by atoms with E-state index in [4.69, 9.17) is 9.47 Å². The predicted octanol–water partition coefficient (Wildman–Crippen LogP) is 7.22. The van der Waals surface area contributed by atoms with Gasteiger partial charge in [0.15, 0.2) is 0 Å². The second-order valence-corrected chi connectivity index (χ2v) is 9.87. The Morgan fingerprint density at radius 2 is 1.50 bits per heavy atom. The average Bonchev–Trinajstić information content (AvgIpc) is 3.46. The van der Waals surface area contributed by atoms with Gasteiger partial charge in [0.25, 0.3) is 5.91 Å². The molecule has 5 rings (SSSR count). The van der Waals surface area contributed by atoms with E-state index in [0.29, 0.717) is 17.7 Å². The van der Waals surface area contributed by atoms with Crippen LogP contribution >= 0.6 is 0 Å². The molecule has 1 amide bonds. The number of benzene rings is 4. The van der Waals surface area contributed by atoms with E-state index in [9.17, 15) is 14.9 Å². The number of amides is 1. The molecule has 0 atom stereocenters. The summed E-state index contributed by atoms with van der Waals surface area (Å²) in [5.74, 6) is -0.142. The standard InChI is InChI=1S/C37H31N3O4/c1-3-44-37(42)29-16-18-32(19-17-29)40-34(27-10-6-4-7-11-27)23-30(35(40)28-12-8-5-9-13-28)22-31(24-38)36(41)39-25-26-14-20-33(43-2)21-15-26/h4-23H,3,25H2,1-2H3,(H,39,41)/b31-22+. The molecule has 0 spiro atoms. The van der Waals surface area contributed by atoms with Crippen molar-refractivity contribution in [3.63, 3.8) is 0 Å². The van der Waals surface area contributed by atoms with E-state index < -0.39 is 5.91 Å². The smallest absolute Gasteiger partial charge is 0.338 e. The van der Waals surface area contributed by atoms with Crippen molar-refractivity contribution in [3.8, 4) is 40.0 Å². The number of rotatable bonds is 10. The van der Waals surface area contributed by atoms with E-state index in [-0.39, 0.29) is 18.1 Å². The van der Waals surface area contributed by atoms with Crippen LogP contribution in [-0.2, 0) is 16.1 Å². The molecule has 0 bridgehead atoms. The summed E-state index contributed by atoms with van der Waals surface area (Å²) in [6, 6.07) is 38.3. The zero-order valence-corrected chi connectivity index (χ0v) is 24.5. The molecule has 0 aliphatic carbocycles. The van der Waals surface area contributed by atoms with E-state index in [1.54, 1.807) is 32.2 Å². The Labute approximate surface area is 256 Å². The Hall–Kier alpha value is -5.87. The minimum Gasteiger partial charge on any atom is -0.497 e. The van der Waals surface area contributed by atoms with Gasteiger partial charge in [-0.3, -0.25) is 4.79 Å². The van der Waals surface area contributed by atoms with Crippen molar-refractivity contribution in [3.05, 3.63) is 138 Å². The first-order chi connectivity index (χ1) is 21.5. The van der Waals surface area contributed by atoms with Crippen LogP contribution in [0.25, 0.3) is 34.3 Å². The number of esters is 1. The van der Waals surface area contributed by atoms with Gasteiger partial charge < -0.3 is 19.4 Å². The average molecular weight is 582 g/mol. The molecule has 4 aromatic carbocycles. The van der Waals surface area contributed by atoms with Crippen LogP contribution in [0.1, 0.15) is 28.4 Å². The van der Waals surface area contributed by atoms with Gasteiger partial charge >= 0.3 is 5.97 Å². The van der Waals surface area contributed by atoms with E-state index in [2.05, 4.69) is 16.0 Å². The normalized spacial score (nSPS) is 11.0. The largest absolute Gasteiger partial charge is 0.497 e. The van der Waals surface area contributed by atoms with Crippen molar-refractivity contribution < 1.29 is 19.1 Å². The highest BCUT2D eigenvalue weighted by Gasteiger charge is 2.21. The third kappa shape index (κ3) is 6.61. The van der Waals surface area contributed by atoms with E-state index >= 15 is 0 Å². The molecular weight excluding hydrogens is 550 g/mol. The monoisotopic (exact) mass is 581 g/mol. The summed E-state index contributed by atoms with van der Waals surface area (Å²) in [5, 5.41) is 12.9. The van der Waals surface area contributed by atoms with Crippen LogP contribution in [0.5, 0.6) is 5.75 Å². The molecule has 0 aliphatic rings. The second kappa shape index (κ2) is 13.9. The SMILES string of the molecule is CCOC(=O)c1ccc(-n2c(-c3ccccc3)cc(/C=C(\C#N)C(=O)NCc3ccc(OC)cc3)c2-c2ccccc2)cc1. The fraction of sp³-hybridized carbons (Fsp3) is 0.108. The number of carbonyl (C=O) groups excluding carboxylic acids is 2. The molecule has 0 saturated carbocycles. The van der Waals surface area contributed by atoms with Crippen LogP contribution in [0, 0.1) is 11.3 Å². The summed E-state index contributed by atoms with van der Waals surface area (Å²) in [6.45, 7) is 2.32. The third-order valence-corrected chi connectivity index (χ3v) is 7.06. The molecular formula is C37H31N3O4. The van der Waals surface area contributed by atoms with Crippen molar-refractivity contribution in [2.45, 2.75) is 13.5 Å². The number of hydrogen-bond acceptors (Lipinski definition) is 5. The highest BCUT2D eigenvalue weighted by Crippen LogP contribution is 2.37. The van der Waals surface area contributed by atoms with Crippen molar-refractivity contribution in [2.75, 3.05) is 13.7 Å². The Morgan fingerprint density at radius 1 is 0.864 bits per heavy atom. The quantitative estimate of drug-likeness (QED) is 0.107. The van der Waals surface area contributed by atoms with Gasteiger partial charge in [-0.1, -0.05) is 72.8 Å². The topological polar surface area (TPSA) is 93.4 Å². The molecule has 0 unspecified atom stereocenters. The lowest BCUT2D eigenvalue weighted by molar-refractivity contribution is -0.117. The van der Waals surface area contributed by atoms with E-state index in [0.717, 1.165) is 39.5 Å². The number of ether oxygens (including phenoxy) is 2. The van der Waals surface area contributed by atoms with Gasteiger partial charge in [0.1, 0.15) is 17.4 Å². The zero-order chi connectivity index (χ0) is 30.9. The molecule has 0 fully saturated rings. The van der Waals surface area contributed by atoms with Gasteiger partial charge in [-0.2, -0.15) is 5.26 Å². The van der Waals surface area contributed by atoms with Crippen LogP contribution in [0.2, 0.25) is 0 Å². The van der Waals surface area contributed by atoms with Crippen LogP contribution in [0.15, 0.2) is 121 Å². The van der Waals surface area contributed by atoms with Crippen molar-refractivity contribution in [1.29, 1.82) is 5.26 Å². The molecule has 1 aromatic heterocycles. The Morgan fingerprint density at radius 3 is 2.09 bits per heavy atom. The number of nitrogens with zero attached hydrogens (tertiary/aromatic N) is 2. The lowest BCUT2D eigenvalue weighted by Gasteiger charge is -2.15. The van der Waals surface area contributed by atoms with Crippen molar-refractivity contribution >= 4 is 18.0 Å². The van der Waals surface area contributed by atoms with Crippen LogP contribution in [0.3, 0.4) is 0 Å². The molecule has 0 aliphatic heterocycles. The number of aromatic nitrogens is 1. The molecule has 1 N–H and O–H groups in total. The van der Waals surface area contributed by atoms with Crippen molar-refractivity contribution in [1.82, 2.24) is 9.88 Å². The maximum absolute atomic E-state index is 13.2. The summed E-state index contributed by atoms with van der Waals surface area (Å²) in [5.41, 5.74) is 6.30. The Balaban J connectivity index is 1.61. The summed E-state index contributed by atoms with van der Waals surface area (Å²) >= 11 is 0. The maximum atomic E-state index is 13.2. The summed E-state index contributed by atoms with van der Waals surface area (Å²) in [7, 11) is 1.60. The third-order valence-electron chi connectivity index (χ3n) is 7.06. The number of carbonyl (C=O) groups is 2. The summed E-state index contributed by atoms with van der Waals surface area (Å²) in [4.78, 5) is 25.6. The fourth-order valence-electron chi connectivity index (χ4n) is 4.91. The first-order valence-corrected chi connectivity index (χ1v) is 14.2. The Bertz CT molecular complexity index is 1820. The van der Waals surface area contributed by atoms with Crippen molar-refractivity contribution in [2.24, 2.45) is 0 Å². The highest BCUT2D eigenvalue weighted by molar-refractivity contribution is 6.03. The van der Waals surface area contributed by atoms with E-state index in [1.165, 1.54) is 0 Å². The first kappa shape index (κ1) is 29.6. The van der Waals surface area contributed by atoms with Crippen LogP contribution < -0.4 is 10.1 Å². The fourth-order valence-corrected chi connectivity index (χ4v) is 4.91. The molecule has 44 heavy (non-hydrogen) atoms. The highest BCUT2D eigenvalue weighted by atomic mass is 16.5. The molecule has 5 aromatic rings. The molecule has 0 saturated heterocycles. The van der Waals surface area contributed by atoms with Gasteiger partial charge in [-0.15, -0.1) is 0 Å². The van der Waals surface area contributed by atoms with Gasteiger partial charge in [0, 0.05) is 17.8 Å². The number of nitriles is 1. The number of nitrogens with one attached hydrogen (secondary N) is 1. The first-order valence-electron chi connectivity index (χ1n) is 14.2. The molecule has 7 nitrogen and oxygen atoms in total. The van der Waals surface area contributed by atoms with E-state index in [1.807, 2.05) is 103 Å². The van der Waals surface area contributed by atoms with Gasteiger partial charge in [-0.05, 0) is 72.2 Å². The zero-order valence-electron chi connectivity index (χ0n) is 24.5. The molecule has 0 radical (unpaired) electrons. The molecule has 7 heteroatoms. The maximum Gasteiger partial charge on any atom is 0.338 e. The minimum atomic E-state index is -0.477. The molecule has 218 valence electrons. The van der Waals surface area contributed by atoms with Gasteiger partial charge in [0.05, 0.1) is 30.7 Å². The summed E-state index contributed by atoms with van der Waals surface area (Å²) < 4.78 is 12.5. The van der Waals surface area contributed by atoms with Crippen LogP contribution in [0.4, 0.5) is 0 Å². The second-order valence-electron chi connectivity index (χ2n) is 9.87.